The van der Waals surface area contributed by atoms with Crippen LogP contribution in [-0.2, 0) is 0 Å². The summed E-state index contributed by atoms with van der Waals surface area (Å²) >= 11 is 11.9. The Morgan fingerprint density at radius 1 is 1.00 bits per heavy atom. The van der Waals surface area contributed by atoms with Gasteiger partial charge in [0.2, 0.25) is 11.6 Å². The lowest BCUT2D eigenvalue weighted by atomic mass is 10.2. The Bertz CT molecular complexity index is 1120. The van der Waals surface area contributed by atoms with Crippen LogP contribution in [0.3, 0.4) is 0 Å². The molecule has 12 heteroatoms. The maximum Gasteiger partial charge on any atom is 0.353 e. The summed E-state index contributed by atoms with van der Waals surface area (Å²) in [7, 11) is 2.87. The summed E-state index contributed by atoms with van der Waals surface area (Å²) in [5, 5.41) is 17.4. The molecule has 30 heavy (non-hydrogen) atoms. The zero-order chi connectivity index (χ0) is 21.8. The molecule has 9 nitrogen and oxygen atoms in total. The number of halogens is 3. The highest BCUT2D eigenvalue weighted by Crippen LogP contribution is 2.40. The van der Waals surface area contributed by atoms with Crippen LogP contribution in [0.5, 0.6) is 11.5 Å². The zero-order valence-corrected chi connectivity index (χ0v) is 17.1. The summed E-state index contributed by atoms with van der Waals surface area (Å²) in [6.07, 6.45) is 1.13. The van der Waals surface area contributed by atoms with E-state index in [1.165, 1.54) is 38.5 Å². The second-order valence-corrected chi connectivity index (χ2v) is 6.56. The first-order valence-electron chi connectivity index (χ1n) is 8.24. The van der Waals surface area contributed by atoms with Crippen molar-refractivity contribution in [1.82, 2.24) is 9.97 Å². The topological polar surface area (TPSA) is 111 Å². The molecule has 2 N–H and O–H groups in total. The van der Waals surface area contributed by atoms with Gasteiger partial charge in [-0.15, -0.1) is 0 Å². The van der Waals surface area contributed by atoms with Gasteiger partial charge in [0.15, 0.2) is 0 Å². The largest absolute Gasteiger partial charge is 0.495 e. The van der Waals surface area contributed by atoms with Crippen LogP contribution < -0.4 is 20.1 Å². The number of benzene rings is 2. The molecule has 3 rings (SSSR count). The molecule has 0 radical (unpaired) electrons. The molecular formula is C18H14Cl2FN5O4. The van der Waals surface area contributed by atoms with Gasteiger partial charge in [0.1, 0.15) is 23.6 Å². The monoisotopic (exact) mass is 453 g/mol. The number of aromatic nitrogens is 2. The van der Waals surface area contributed by atoms with Crippen molar-refractivity contribution in [2.75, 3.05) is 24.9 Å². The van der Waals surface area contributed by atoms with Gasteiger partial charge < -0.3 is 20.1 Å². The molecular weight excluding hydrogens is 440 g/mol. The number of nitrogens with one attached hydrogen (secondary N) is 2. The number of nitrogens with zero attached hydrogens (tertiary/aromatic N) is 3. The summed E-state index contributed by atoms with van der Waals surface area (Å²) < 4.78 is 23.8. The van der Waals surface area contributed by atoms with Crippen LogP contribution in [0.1, 0.15) is 0 Å². The second kappa shape index (κ2) is 8.97. The molecule has 0 saturated heterocycles. The molecule has 2 aromatic carbocycles. The maximum absolute atomic E-state index is 13.4. The summed E-state index contributed by atoms with van der Waals surface area (Å²) in [4.78, 5) is 19.0. The van der Waals surface area contributed by atoms with Crippen molar-refractivity contribution in [2.24, 2.45) is 0 Å². The molecule has 0 aliphatic carbocycles. The third-order valence-electron chi connectivity index (χ3n) is 3.91. The lowest BCUT2D eigenvalue weighted by Crippen LogP contribution is -2.06. The molecule has 156 valence electrons. The Morgan fingerprint density at radius 2 is 1.67 bits per heavy atom. The Hall–Kier alpha value is -3.37. The van der Waals surface area contributed by atoms with Crippen LogP contribution in [0.25, 0.3) is 0 Å². The smallest absolute Gasteiger partial charge is 0.353 e. The number of nitro groups is 1. The fourth-order valence-electron chi connectivity index (χ4n) is 2.53. The van der Waals surface area contributed by atoms with Gasteiger partial charge in [0, 0.05) is 11.8 Å². The molecule has 3 aromatic rings. The van der Waals surface area contributed by atoms with Crippen molar-refractivity contribution in [1.29, 1.82) is 0 Å². The van der Waals surface area contributed by atoms with E-state index in [4.69, 9.17) is 32.7 Å². The average molecular weight is 454 g/mol. The summed E-state index contributed by atoms with van der Waals surface area (Å²) in [5.74, 6) is -0.176. The zero-order valence-electron chi connectivity index (χ0n) is 15.6. The quantitative estimate of drug-likeness (QED) is 0.364. The van der Waals surface area contributed by atoms with Gasteiger partial charge in [-0.25, -0.2) is 14.4 Å². The molecule has 0 aliphatic rings. The van der Waals surface area contributed by atoms with Gasteiger partial charge in [0.05, 0.1) is 34.9 Å². The van der Waals surface area contributed by atoms with Crippen LogP contribution in [0.2, 0.25) is 10.0 Å². The predicted molar refractivity (Wildman–Crippen MR) is 111 cm³/mol. The first-order chi connectivity index (χ1) is 14.3. The maximum atomic E-state index is 13.4. The molecule has 0 spiro atoms. The molecule has 0 fully saturated rings. The fourth-order valence-corrected chi connectivity index (χ4v) is 2.95. The minimum Gasteiger partial charge on any atom is -0.495 e. The summed E-state index contributed by atoms with van der Waals surface area (Å²) in [6.45, 7) is 0. The molecule has 0 saturated carbocycles. The lowest BCUT2D eigenvalue weighted by Gasteiger charge is -2.14. The number of anilines is 4. The molecule has 0 bridgehead atoms. The van der Waals surface area contributed by atoms with E-state index in [2.05, 4.69) is 20.6 Å². The normalized spacial score (nSPS) is 10.4. The lowest BCUT2D eigenvalue weighted by molar-refractivity contribution is -0.383. The van der Waals surface area contributed by atoms with E-state index < -0.39 is 16.4 Å². The molecule has 0 aliphatic heterocycles. The van der Waals surface area contributed by atoms with Gasteiger partial charge >= 0.3 is 5.69 Å². The minimum absolute atomic E-state index is 0.120. The Labute approximate surface area is 179 Å². The number of rotatable bonds is 7. The Morgan fingerprint density at radius 3 is 2.27 bits per heavy atom. The van der Waals surface area contributed by atoms with Crippen LogP contribution in [0, 0.1) is 15.9 Å². The first kappa shape index (κ1) is 21.3. The minimum atomic E-state index is -0.659. The van der Waals surface area contributed by atoms with Crippen LogP contribution >= 0.6 is 23.2 Å². The van der Waals surface area contributed by atoms with Crippen molar-refractivity contribution < 1.29 is 18.8 Å². The van der Waals surface area contributed by atoms with Gasteiger partial charge in [0.25, 0.3) is 0 Å². The second-order valence-electron chi connectivity index (χ2n) is 5.74. The fraction of sp³-hybridized carbons (Fsp3) is 0.111. The van der Waals surface area contributed by atoms with E-state index >= 15 is 0 Å². The molecule has 1 aromatic heterocycles. The van der Waals surface area contributed by atoms with E-state index in [-0.39, 0.29) is 21.7 Å². The van der Waals surface area contributed by atoms with Gasteiger partial charge in [-0.3, -0.25) is 10.1 Å². The Balaban J connectivity index is 2.02. The summed E-state index contributed by atoms with van der Waals surface area (Å²) in [6, 6.07) is 6.78. The van der Waals surface area contributed by atoms with Gasteiger partial charge in [-0.05, 0) is 24.3 Å². The standard InChI is InChI=1S/C18H14Cl2FN5O4/c1-29-14-7-15(30-2)13(6-11(14)20)25-18-16(26(27)28)17(22-8-23-18)24-9-3-4-12(21)10(19)5-9/h3-8H,1-2H3,(H2,22,23,24,25). The van der Waals surface area contributed by atoms with E-state index in [1.807, 2.05) is 0 Å². The van der Waals surface area contributed by atoms with Gasteiger partial charge in [-0.2, -0.15) is 0 Å². The third-order valence-corrected chi connectivity index (χ3v) is 4.50. The highest BCUT2D eigenvalue weighted by Gasteiger charge is 2.25. The van der Waals surface area contributed by atoms with Crippen molar-refractivity contribution in [3.8, 4) is 11.5 Å². The number of ether oxygens (including phenoxy) is 2. The highest BCUT2D eigenvalue weighted by atomic mass is 35.5. The molecule has 1 heterocycles. The average Bonchev–Trinajstić information content (AvgIpc) is 2.71. The molecule has 0 amide bonds. The van der Waals surface area contributed by atoms with Crippen molar-refractivity contribution in [3.05, 3.63) is 62.6 Å². The number of hydrogen-bond donors (Lipinski definition) is 2. The SMILES string of the molecule is COc1cc(OC)c(Nc2ncnc(Nc3ccc(F)c(Cl)c3)c2[N+](=O)[O-])cc1Cl. The highest BCUT2D eigenvalue weighted by molar-refractivity contribution is 6.32. The van der Waals surface area contributed by atoms with Crippen molar-refractivity contribution in [2.45, 2.75) is 0 Å². The predicted octanol–water partition coefficient (Wildman–Crippen LogP) is 5.34. The van der Waals surface area contributed by atoms with E-state index in [0.29, 0.717) is 22.9 Å². The van der Waals surface area contributed by atoms with E-state index in [9.17, 15) is 14.5 Å². The van der Waals surface area contributed by atoms with Crippen LogP contribution in [0.4, 0.5) is 33.1 Å². The van der Waals surface area contributed by atoms with E-state index in [1.54, 1.807) is 0 Å². The number of hydrogen-bond acceptors (Lipinski definition) is 8. The Kier molecular flexibility index (Phi) is 6.38. The van der Waals surface area contributed by atoms with Crippen molar-refractivity contribution >= 4 is 51.9 Å². The van der Waals surface area contributed by atoms with E-state index in [0.717, 1.165) is 12.4 Å². The van der Waals surface area contributed by atoms with Crippen molar-refractivity contribution in [3.63, 3.8) is 0 Å². The van der Waals surface area contributed by atoms with Crippen LogP contribution in [0.15, 0.2) is 36.7 Å². The van der Waals surface area contributed by atoms with Gasteiger partial charge in [-0.1, -0.05) is 23.2 Å². The molecule has 0 atom stereocenters. The summed E-state index contributed by atoms with van der Waals surface area (Å²) in [5.41, 5.74) is 0.173. The van der Waals surface area contributed by atoms with Crippen LogP contribution in [-0.4, -0.2) is 29.1 Å². The third kappa shape index (κ3) is 4.44. The number of methoxy groups -OCH3 is 2. The molecule has 0 unspecified atom stereocenters. The first-order valence-corrected chi connectivity index (χ1v) is 8.99.